The maximum absolute atomic E-state index is 12.7. The van der Waals surface area contributed by atoms with Gasteiger partial charge in [-0.1, -0.05) is 26.2 Å². The molecule has 0 radical (unpaired) electrons. The first-order valence-electron chi connectivity index (χ1n) is 8.17. The van der Waals surface area contributed by atoms with Crippen molar-refractivity contribution in [2.45, 2.75) is 43.8 Å². The van der Waals surface area contributed by atoms with Gasteiger partial charge < -0.3 is 10.2 Å². The molecule has 3 fully saturated rings. The first-order chi connectivity index (χ1) is 9.95. The third-order valence-corrected chi connectivity index (χ3v) is 8.33. The summed E-state index contributed by atoms with van der Waals surface area (Å²) in [6.07, 6.45) is 4.54. The van der Waals surface area contributed by atoms with Crippen LogP contribution >= 0.6 is 0 Å². The summed E-state index contributed by atoms with van der Waals surface area (Å²) in [5.74, 6) is 0.723. The van der Waals surface area contributed by atoms with Crippen molar-refractivity contribution in [1.29, 1.82) is 0 Å². The molecule has 21 heavy (non-hydrogen) atoms. The normalized spacial score (nSPS) is 29.9. The molecule has 2 heterocycles. The first-order valence-corrected chi connectivity index (χ1v) is 9.82. The summed E-state index contributed by atoms with van der Waals surface area (Å²) in [5, 5.41) is 3.20. The van der Waals surface area contributed by atoms with Crippen LogP contribution in [-0.4, -0.2) is 55.9 Å². The SMILES string of the molecule is CC(C(=O)N1CCS(=O)(=O)C2(CCCCC2)C1)C1CNC1. The van der Waals surface area contributed by atoms with Crippen molar-refractivity contribution in [2.75, 3.05) is 31.9 Å². The first kappa shape index (κ1) is 15.3. The summed E-state index contributed by atoms with van der Waals surface area (Å²) in [6.45, 7) is 4.62. The van der Waals surface area contributed by atoms with Gasteiger partial charge in [-0.2, -0.15) is 0 Å². The van der Waals surface area contributed by atoms with Gasteiger partial charge in [-0.05, 0) is 31.8 Å². The van der Waals surface area contributed by atoms with Gasteiger partial charge >= 0.3 is 0 Å². The van der Waals surface area contributed by atoms with Crippen LogP contribution in [0.5, 0.6) is 0 Å². The molecule has 0 aromatic rings. The Hall–Kier alpha value is -0.620. The molecule has 120 valence electrons. The van der Waals surface area contributed by atoms with Gasteiger partial charge in [0.1, 0.15) is 0 Å². The average Bonchev–Trinajstić information content (AvgIpc) is 2.40. The fourth-order valence-corrected chi connectivity index (χ4v) is 6.14. The van der Waals surface area contributed by atoms with E-state index in [4.69, 9.17) is 0 Å². The molecule has 1 N–H and O–H groups in total. The van der Waals surface area contributed by atoms with Gasteiger partial charge in [0.25, 0.3) is 0 Å². The van der Waals surface area contributed by atoms with Crippen LogP contribution in [-0.2, 0) is 14.6 Å². The van der Waals surface area contributed by atoms with E-state index in [0.717, 1.165) is 45.2 Å². The highest BCUT2D eigenvalue weighted by molar-refractivity contribution is 7.92. The maximum Gasteiger partial charge on any atom is 0.225 e. The summed E-state index contributed by atoms with van der Waals surface area (Å²) in [6, 6.07) is 0. The van der Waals surface area contributed by atoms with E-state index in [1.807, 2.05) is 11.8 Å². The number of carbonyl (C=O) groups excluding carboxylic acids is 1. The van der Waals surface area contributed by atoms with E-state index in [1.165, 1.54) is 0 Å². The van der Waals surface area contributed by atoms with Crippen LogP contribution in [0.25, 0.3) is 0 Å². The van der Waals surface area contributed by atoms with E-state index in [0.29, 0.717) is 19.0 Å². The molecule has 0 bridgehead atoms. The van der Waals surface area contributed by atoms with Gasteiger partial charge in [-0.25, -0.2) is 8.42 Å². The van der Waals surface area contributed by atoms with Crippen molar-refractivity contribution >= 4 is 15.7 Å². The molecule has 5 nitrogen and oxygen atoms in total. The smallest absolute Gasteiger partial charge is 0.225 e. The molecule has 3 aliphatic rings. The van der Waals surface area contributed by atoms with Crippen LogP contribution in [0.4, 0.5) is 0 Å². The van der Waals surface area contributed by atoms with Crippen molar-refractivity contribution < 1.29 is 13.2 Å². The molecule has 1 atom stereocenters. The quantitative estimate of drug-likeness (QED) is 0.819. The van der Waals surface area contributed by atoms with Crippen LogP contribution in [0.15, 0.2) is 0 Å². The molecule has 1 unspecified atom stereocenters. The summed E-state index contributed by atoms with van der Waals surface area (Å²) in [7, 11) is -3.06. The Morgan fingerprint density at radius 3 is 2.48 bits per heavy atom. The van der Waals surface area contributed by atoms with Gasteiger partial charge in [0.05, 0.1) is 10.5 Å². The van der Waals surface area contributed by atoms with Crippen LogP contribution in [0.3, 0.4) is 0 Å². The number of amides is 1. The molecule has 1 spiro atoms. The molecular formula is C15H26N2O3S. The zero-order valence-electron chi connectivity index (χ0n) is 12.8. The highest BCUT2D eigenvalue weighted by Crippen LogP contribution is 2.39. The minimum absolute atomic E-state index is 0.00712. The van der Waals surface area contributed by atoms with Crippen LogP contribution in [0, 0.1) is 11.8 Å². The van der Waals surface area contributed by atoms with Crippen molar-refractivity contribution in [3.63, 3.8) is 0 Å². The van der Waals surface area contributed by atoms with Crippen molar-refractivity contribution in [3.05, 3.63) is 0 Å². The third kappa shape index (κ3) is 2.61. The number of nitrogens with one attached hydrogen (secondary N) is 1. The lowest BCUT2D eigenvalue weighted by Crippen LogP contribution is -2.60. The number of rotatable bonds is 2. The number of hydrogen-bond acceptors (Lipinski definition) is 4. The molecule has 0 aromatic carbocycles. The molecule has 2 aliphatic heterocycles. The van der Waals surface area contributed by atoms with Crippen molar-refractivity contribution in [2.24, 2.45) is 11.8 Å². The van der Waals surface area contributed by atoms with Gasteiger partial charge in [-0.3, -0.25) is 4.79 Å². The van der Waals surface area contributed by atoms with Crippen LogP contribution in [0.2, 0.25) is 0 Å². The Morgan fingerprint density at radius 2 is 1.90 bits per heavy atom. The Balaban J connectivity index is 1.75. The molecular weight excluding hydrogens is 288 g/mol. The Labute approximate surface area is 127 Å². The minimum atomic E-state index is -3.06. The lowest BCUT2D eigenvalue weighted by Gasteiger charge is -2.45. The summed E-state index contributed by atoms with van der Waals surface area (Å²) >= 11 is 0. The Bertz CT molecular complexity index is 507. The largest absolute Gasteiger partial charge is 0.340 e. The van der Waals surface area contributed by atoms with Gasteiger partial charge in [0.15, 0.2) is 9.84 Å². The standard InChI is InChI=1S/C15H26N2O3S/c1-12(13-9-16-10-13)14(18)17-7-8-21(19,20)15(11-17)5-3-2-4-6-15/h12-13,16H,2-11H2,1H3. The number of carbonyl (C=O) groups is 1. The van der Waals surface area contributed by atoms with Crippen molar-refractivity contribution in [1.82, 2.24) is 10.2 Å². The van der Waals surface area contributed by atoms with E-state index in [2.05, 4.69) is 5.32 Å². The Kier molecular flexibility index (Phi) is 4.03. The van der Waals surface area contributed by atoms with Gasteiger partial charge in [-0.15, -0.1) is 0 Å². The molecule has 1 aliphatic carbocycles. The summed E-state index contributed by atoms with van der Waals surface area (Å²) in [5.41, 5.74) is 0. The fraction of sp³-hybridized carbons (Fsp3) is 0.933. The minimum Gasteiger partial charge on any atom is -0.340 e. The number of hydrogen-bond donors (Lipinski definition) is 1. The lowest BCUT2D eigenvalue weighted by molar-refractivity contribution is -0.138. The monoisotopic (exact) mass is 314 g/mol. The lowest BCUT2D eigenvalue weighted by atomic mass is 9.85. The van der Waals surface area contributed by atoms with Crippen LogP contribution in [0.1, 0.15) is 39.0 Å². The van der Waals surface area contributed by atoms with E-state index in [9.17, 15) is 13.2 Å². The van der Waals surface area contributed by atoms with Crippen molar-refractivity contribution in [3.8, 4) is 0 Å². The highest BCUT2D eigenvalue weighted by Gasteiger charge is 2.49. The Morgan fingerprint density at radius 1 is 1.24 bits per heavy atom. The molecule has 0 aromatic heterocycles. The topological polar surface area (TPSA) is 66.5 Å². The highest BCUT2D eigenvalue weighted by atomic mass is 32.2. The molecule has 6 heteroatoms. The zero-order chi connectivity index (χ0) is 15.1. The second-order valence-corrected chi connectivity index (χ2v) is 9.53. The predicted molar refractivity (Wildman–Crippen MR) is 81.7 cm³/mol. The number of sulfone groups is 1. The summed E-state index contributed by atoms with van der Waals surface area (Å²) in [4.78, 5) is 14.5. The predicted octanol–water partition coefficient (Wildman–Crippen LogP) is 0.802. The van der Waals surface area contributed by atoms with Gasteiger partial charge in [0, 0.05) is 19.0 Å². The van der Waals surface area contributed by atoms with Crippen LogP contribution < -0.4 is 5.32 Å². The summed E-state index contributed by atoms with van der Waals surface area (Å²) < 4.78 is 24.5. The third-order valence-electron chi connectivity index (χ3n) is 5.75. The molecule has 2 saturated heterocycles. The van der Waals surface area contributed by atoms with Gasteiger partial charge in [0.2, 0.25) is 5.91 Å². The zero-order valence-corrected chi connectivity index (χ0v) is 13.6. The van der Waals surface area contributed by atoms with E-state index >= 15 is 0 Å². The number of nitrogens with zero attached hydrogens (tertiary/aromatic N) is 1. The molecule has 1 saturated carbocycles. The second kappa shape index (κ2) is 5.54. The van der Waals surface area contributed by atoms with E-state index < -0.39 is 14.6 Å². The molecule has 3 rings (SSSR count). The average molecular weight is 314 g/mol. The molecule has 1 amide bonds. The van der Waals surface area contributed by atoms with E-state index in [1.54, 1.807) is 0 Å². The van der Waals surface area contributed by atoms with E-state index in [-0.39, 0.29) is 17.6 Å². The maximum atomic E-state index is 12.7. The fourth-order valence-electron chi connectivity index (χ4n) is 3.98. The second-order valence-electron chi connectivity index (χ2n) is 7.03.